The van der Waals surface area contributed by atoms with Gasteiger partial charge in [-0.15, -0.1) is 0 Å². The second kappa shape index (κ2) is 6.38. The van der Waals surface area contributed by atoms with Crippen LogP contribution in [0.15, 0.2) is 0 Å². The van der Waals surface area contributed by atoms with Crippen molar-refractivity contribution in [3.05, 3.63) is 0 Å². The summed E-state index contributed by atoms with van der Waals surface area (Å²) in [4.78, 5) is 2.79. The molecule has 1 saturated heterocycles. The van der Waals surface area contributed by atoms with Gasteiger partial charge in [-0.25, -0.2) is 0 Å². The summed E-state index contributed by atoms with van der Waals surface area (Å²) in [6.07, 6.45) is 2.54. The maximum absolute atomic E-state index is 3.77. The van der Waals surface area contributed by atoms with Gasteiger partial charge in [0.05, 0.1) is 0 Å². The van der Waals surface area contributed by atoms with E-state index in [4.69, 9.17) is 0 Å². The molecule has 2 unspecified atom stereocenters. The van der Waals surface area contributed by atoms with Crippen LogP contribution in [-0.4, -0.2) is 36.1 Å². The first-order valence-corrected chi connectivity index (χ1v) is 7.80. The van der Waals surface area contributed by atoms with Crippen molar-refractivity contribution in [3.8, 4) is 0 Å². The molecule has 108 valence electrons. The van der Waals surface area contributed by atoms with Crippen LogP contribution in [0.1, 0.15) is 61.3 Å². The highest BCUT2D eigenvalue weighted by atomic mass is 15.3. The lowest BCUT2D eigenvalue weighted by Gasteiger charge is -2.50. The Bertz CT molecular complexity index is 238. The molecule has 0 aliphatic carbocycles. The third kappa shape index (κ3) is 3.71. The van der Waals surface area contributed by atoms with Crippen molar-refractivity contribution in [2.24, 2.45) is 11.3 Å². The minimum atomic E-state index is 0.359. The van der Waals surface area contributed by atoms with Gasteiger partial charge in [0.2, 0.25) is 0 Å². The van der Waals surface area contributed by atoms with Crippen LogP contribution in [0.25, 0.3) is 0 Å². The molecule has 1 aliphatic heterocycles. The van der Waals surface area contributed by atoms with E-state index in [1.807, 2.05) is 0 Å². The summed E-state index contributed by atoms with van der Waals surface area (Å²) in [5.41, 5.74) is 0.359. The van der Waals surface area contributed by atoms with Crippen molar-refractivity contribution in [2.45, 2.75) is 79.4 Å². The fourth-order valence-electron chi connectivity index (χ4n) is 3.21. The zero-order chi connectivity index (χ0) is 13.9. The molecule has 2 atom stereocenters. The molecule has 0 saturated carbocycles. The first-order chi connectivity index (χ1) is 8.31. The van der Waals surface area contributed by atoms with Crippen molar-refractivity contribution >= 4 is 0 Å². The first kappa shape index (κ1) is 16.0. The molecule has 0 spiro atoms. The van der Waals surface area contributed by atoms with Gasteiger partial charge in [0.25, 0.3) is 0 Å². The lowest BCUT2D eigenvalue weighted by Crippen LogP contribution is -2.64. The van der Waals surface area contributed by atoms with E-state index < -0.39 is 0 Å². The van der Waals surface area contributed by atoms with E-state index in [-0.39, 0.29) is 0 Å². The first-order valence-electron chi connectivity index (χ1n) is 7.80. The number of hydrogen-bond donors (Lipinski definition) is 1. The Kier molecular flexibility index (Phi) is 5.67. The molecule has 0 amide bonds. The molecule has 18 heavy (non-hydrogen) atoms. The van der Waals surface area contributed by atoms with Gasteiger partial charge >= 0.3 is 0 Å². The SMILES string of the molecule is CCC(CC)N1CC(C(C)C)NCC1C(C)(C)C. The highest BCUT2D eigenvalue weighted by molar-refractivity contribution is 4.95. The molecule has 0 aromatic carbocycles. The lowest BCUT2D eigenvalue weighted by molar-refractivity contribution is 0.00995. The lowest BCUT2D eigenvalue weighted by atomic mass is 9.81. The van der Waals surface area contributed by atoms with E-state index in [1.54, 1.807) is 0 Å². The average Bonchev–Trinajstić information content (AvgIpc) is 2.29. The summed E-state index contributed by atoms with van der Waals surface area (Å²) >= 11 is 0. The van der Waals surface area contributed by atoms with E-state index in [2.05, 4.69) is 58.7 Å². The van der Waals surface area contributed by atoms with E-state index in [0.717, 1.165) is 18.5 Å². The van der Waals surface area contributed by atoms with Crippen LogP contribution in [-0.2, 0) is 0 Å². The predicted octanol–water partition coefficient (Wildman–Crippen LogP) is 3.52. The van der Waals surface area contributed by atoms with Crippen molar-refractivity contribution in [1.82, 2.24) is 10.2 Å². The minimum absolute atomic E-state index is 0.359. The third-order valence-corrected chi connectivity index (χ3v) is 4.60. The maximum atomic E-state index is 3.77. The van der Waals surface area contributed by atoms with Crippen LogP contribution in [0, 0.1) is 11.3 Å². The quantitative estimate of drug-likeness (QED) is 0.826. The minimum Gasteiger partial charge on any atom is -0.311 e. The normalized spacial score (nSPS) is 27.2. The Morgan fingerprint density at radius 1 is 1.17 bits per heavy atom. The highest BCUT2D eigenvalue weighted by Crippen LogP contribution is 2.30. The Morgan fingerprint density at radius 2 is 1.72 bits per heavy atom. The van der Waals surface area contributed by atoms with Crippen molar-refractivity contribution in [2.75, 3.05) is 13.1 Å². The topological polar surface area (TPSA) is 15.3 Å². The largest absolute Gasteiger partial charge is 0.311 e. The Labute approximate surface area is 115 Å². The summed E-state index contributed by atoms with van der Waals surface area (Å²) in [5, 5.41) is 3.77. The molecular formula is C16H34N2. The van der Waals surface area contributed by atoms with E-state index in [1.165, 1.54) is 19.4 Å². The van der Waals surface area contributed by atoms with Crippen molar-refractivity contribution in [1.29, 1.82) is 0 Å². The van der Waals surface area contributed by atoms with Crippen LogP contribution in [0.4, 0.5) is 0 Å². The molecule has 0 bridgehead atoms. The molecule has 1 rings (SSSR count). The van der Waals surface area contributed by atoms with E-state index >= 15 is 0 Å². The number of nitrogens with zero attached hydrogens (tertiary/aromatic N) is 1. The summed E-state index contributed by atoms with van der Waals surface area (Å²) < 4.78 is 0. The summed E-state index contributed by atoms with van der Waals surface area (Å²) in [6.45, 7) is 18.8. The predicted molar refractivity (Wildman–Crippen MR) is 80.9 cm³/mol. The summed E-state index contributed by atoms with van der Waals surface area (Å²) in [6, 6.07) is 2.07. The van der Waals surface area contributed by atoms with Crippen molar-refractivity contribution < 1.29 is 0 Å². The van der Waals surface area contributed by atoms with Crippen LogP contribution >= 0.6 is 0 Å². The maximum Gasteiger partial charge on any atom is 0.0272 e. The number of piperazine rings is 1. The zero-order valence-corrected chi connectivity index (χ0v) is 13.6. The van der Waals surface area contributed by atoms with Crippen LogP contribution in [0.3, 0.4) is 0 Å². The molecule has 2 heteroatoms. The van der Waals surface area contributed by atoms with E-state index in [0.29, 0.717) is 17.5 Å². The fourth-order valence-corrected chi connectivity index (χ4v) is 3.21. The second-order valence-electron chi connectivity index (χ2n) is 7.31. The molecule has 2 nitrogen and oxygen atoms in total. The molecule has 1 aliphatic rings. The van der Waals surface area contributed by atoms with Gasteiger partial charge in [0.1, 0.15) is 0 Å². The Balaban J connectivity index is 2.85. The van der Waals surface area contributed by atoms with Crippen molar-refractivity contribution in [3.63, 3.8) is 0 Å². The molecular weight excluding hydrogens is 220 g/mol. The number of nitrogens with one attached hydrogen (secondary N) is 1. The zero-order valence-electron chi connectivity index (χ0n) is 13.6. The molecule has 1 heterocycles. The monoisotopic (exact) mass is 254 g/mol. The summed E-state index contributed by atoms with van der Waals surface area (Å²) in [7, 11) is 0. The summed E-state index contributed by atoms with van der Waals surface area (Å²) in [5.74, 6) is 0.725. The average molecular weight is 254 g/mol. The van der Waals surface area contributed by atoms with Crippen LogP contribution < -0.4 is 5.32 Å². The molecule has 1 N–H and O–H groups in total. The fraction of sp³-hybridized carbons (Fsp3) is 1.00. The Hall–Kier alpha value is -0.0800. The number of rotatable bonds is 4. The van der Waals surface area contributed by atoms with Gasteiger partial charge in [-0.05, 0) is 24.2 Å². The van der Waals surface area contributed by atoms with Gasteiger partial charge in [-0.3, -0.25) is 4.90 Å². The van der Waals surface area contributed by atoms with Gasteiger partial charge in [0, 0.05) is 31.2 Å². The Morgan fingerprint density at radius 3 is 2.11 bits per heavy atom. The van der Waals surface area contributed by atoms with Gasteiger partial charge in [-0.1, -0.05) is 48.5 Å². The number of hydrogen-bond acceptors (Lipinski definition) is 2. The van der Waals surface area contributed by atoms with Crippen LogP contribution in [0.2, 0.25) is 0 Å². The van der Waals surface area contributed by atoms with E-state index in [9.17, 15) is 0 Å². The third-order valence-electron chi connectivity index (χ3n) is 4.60. The van der Waals surface area contributed by atoms with Gasteiger partial charge in [-0.2, -0.15) is 0 Å². The molecule has 1 fully saturated rings. The molecule has 0 aromatic heterocycles. The second-order valence-corrected chi connectivity index (χ2v) is 7.31. The highest BCUT2D eigenvalue weighted by Gasteiger charge is 2.38. The standard InChI is InChI=1S/C16H34N2/c1-8-13(9-2)18-11-14(12(3)4)17-10-15(18)16(5,6)7/h12-15,17H,8-11H2,1-7H3. The molecule has 0 aromatic rings. The smallest absolute Gasteiger partial charge is 0.0272 e. The van der Waals surface area contributed by atoms with Gasteiger partial charge < -0.3 is 5.32 Å². The molecule has 0 radical (unpaired) electrons. The van der Waals surface area contributed by atoms with Gasteiger partial charge in [0.15, 0.2) is 0 Å². The van der Waals surface area contributed by atoms with Crippen LogP contribution in [0.5, 0.6) is 0 Å².